The molecule has 0 aliphatic heterocycles. The van der Waals surface area contributed by atoms with Crippen LogP contribution in [0.4, 0.5) is 0 Å². The fourth-order valence-corrected chi connectivity index (χ4v) is 0.587. The van der Waals surface area contributed by atoms with Gasteiger partial charge in [0.2, 0.25) is 0 Å². The molecule has 0 atom stereocenters. The Morgan fingerprint density at radius 2 is 2.00 bits per heavy atom. The van der Waals surface area contributed by atoms with Gasteiger partial charge in [-0.25, -0.2) is 0 Å². The van der Waals surface area contributed by atoms with E-state index in [1.54, 1.807) is 0 Å². The number of aliphatic hydroxyl groups is 1. The number of hydrogen-bond donors (Lipinski definition) is 1. The molecule has 0 radical (unpaired) electrons. The number of esters is 1. The van der Waals surface area contributed by atoms with E-state index in [0.717, 1.165) is 12.8 Å². The Balaban J connectivity index is 2.85. The van der Waals surface area contributed by atoms with E-state index in [1.165, 1.54) is 6.92 Å². The van der Waals surface area contributed by atoms with Crippen molar-refractivity contribution in [3.05, 3.63) is 0 Å². The number of ether oxygens (including phenoxy) is 2. The fourth-order valence-electron chi connectivity index (χ4n) is 0.587. The first kappa shape index (κ1) is 10.4. The van der Waals surface area contributed by atoms with Crippen molar-refractivity contribution < 1.29 is 19.4 Å². The molecule has 0 aromatic carbocycles. The van der Waals surface area contributed by atoms with E-state index in [2.05, 4.69) is 9.47 Å². The Morgan fingerprint density at radius 3 is 2.55 bits per heavy atom. The third kappa shape index (κ3) is 9.39. The molecule has 0 rings (SSSR count). The summed E-state index contributed by atoms with van der Waals surface area (Å²) in [6, 6.07) is 0. The maximum atomic E-state index is 10.2. The molecule has 0 fully saturated rings. The van der Waals surface area contributed by atoms with Crippen LogP contribution in [0, 0.1) is 0 Å². The SMILES string of the molecule is CC(=O)OCCCCOCO. The van der Waals surface area contributed by atoms with Crippen LogP contribution in [0.15, 0.2) is 0 Å². The normalized spacial score (nSPS) is 9.64. The third-order valence-electron chi connectivity index (χ3n) is 1.08. The van der Waals surface area contributed by atoms with Crippen molar-refractivity contribution in [2.24, 2.45) is 0 Å². The van der Waals surface area contributed by atoms with E-state index in [-0.39, 0.29) is 12.8 Å². The molecular weight excluding hydrogens is 148 g/mol. The van der Waals surface area contributed by atoms with Gasteiger partial charge >= 0.3 is 5.97 Å². The molecule has 0 heterocycles. The van der Waals surface area contributed by atoms with Gasteiger partial charge in [-0.05, 0) is 12.8 Å². The number of aliphatic hydroxyl groups excluding tert-OH is 1. The Labute approximate surface area is 66.1 Å². The van der Waals surface area contributed by atoms with Crippen LogP contribution in [-0.4, -0.2) is 31.1 Å². The first-order chi connectivity index (χ1) is 5.27. The summed E-state index contributed by atoms with van der Waals surface area (Å²) in [7, 11) is 0. The van der Waals surface area contributed by atoms with Gasteiger partial charge in [0.15, 0.2) is 0 Å². The molecule has 0 saturated heterocycles. The highest BCUT2D eigenvalue weighted by molar-refractivity contribution is 5.65. The predicted molar refractivity (Wildman–Crippen MR) is 38.9 cm³/mol. The molecule has 0 aromatic heterocycles. The molecule has 0 bridgehead atoms. The minimum Gasteiger partial charge on any atom is -0.466 e. The first-order valence-electron chi connectivity index (χ1n) is 3.59. The van der Waals surface area contributed by atoms with Crippen LogP contribution in [0.1, 0.15) is 19.8 Å². The lowest BCUT2D eigenvalue weighted by atomic mass is 10.3. The second-order valence-electron chi connectivity index (χ2n) is 2.08. The largest absolute Gasteiger partial charge is 0.466 e. The Bertz CT molecular complexity index is 103. The summed E-state index contributed by atoms with van der Waals surface area (Å²) in [4.78, 5) is 10.2. The van der Waals surface area contributed by atoms with Gasteiger partial charge in [-0.2, -0.15) is 0 Å². The minimum absolute atomic E-state index is 0.242. The van der Waals surface area contributed by atoms with Crippen molar-refractivity contribution in [1.82, 2.24) is 0 Å². The van der Waals surface area contributed by atoms with Gasteiger partial charge in [-0.15, -0.1) is 0 Å². The second kappa shape index (κ2) is 7.50. The van der Waals surface area contributed by atoms with Gasteiger partial charge in [0.1, 0.15) is 6.79 Å². The second-order valence-corrected chi connectivity index (χ2v) is 2.08. The van der Waals surface area contributed by atoms with Crippen molar-refractivity contribution >= 4 is 5.97 Å². The minimum atomic E-state index is -0.256. The van der Waals surface area contributed by atoms with Crippen molar-refractivity contribution in [2.75, 3.05) is 20.0 Å². The zero-order valence-electron chi connectivity index (χ0n) is 6.71. The van der Waals surface area contributed by atoms with E-state index in [0.29, 0.717) is 13.2 Å². The standard InChI is InChI=1S/C7H14O4/c1-7(9)11-5-3-2-4-10-6-8/h8H,2-6H2,1H3. The van der Waals surface area contributed by atoms with Gasteiger partial charge in [-0.3, -0.25) is 4.79 Å². The molecule has 0 aliphatic rings. The van der Waals surface area contributed by atoms with E-state index in [4.69, 9.17) is 5.11 Å². The highest BCUT2D eigenvalue weighted by Crippen LogP contribution is 1.90. The number of carbonyl (C=O) groups is 1. The highest BCUT2D eigenvalue weighted by Gasteiger charge is 1.92. The first-order valence-corrected chi connectivity index (χ1v) is 3.59. The van der Waals surface area contributed by atoms with Gasteiger partial charge < -0.3 is 14.6 Å². The predicted octanol–water partition coefficient (Wildman–Crippen LogP) is 0.296. The van der Waals surface area contributed by atoms with E-state index in [1.807, 2.05) is 0 Å². The lowest BCUT2D eigenvalue weighted by Crippen LogP contribution is -2.02. The summed E-state index contributed by atoms with van der Waals surface area (Å²) in [5.74, 6) is -0.256. The average Bonchev–Trinajstić information content (AvgIpc) is 1.96. The average molecular weight is 162 g/mol. The molecule has 4 nitrogen and oxygen atoms in total. The van der Waals surface area contributed by atoms with Crippen LogP contribution in [0.2, 0.25) is 0 Å². The Kier molecular flexibility index (Phi) is 7.08. The van der Waals surface area contributed by atoms with Crippen molar-refractivity contribution in [2.45, 2.75) is 19.8 Å². The molecule has 66 valence electrons. The molecule has 0 amide bonds. The van der Waals surface area contributed by atoms with Crippen LogP contribution in [0.5, 0.6) is 0 Å². The number of unbranched alkanes of at least 4 members (excludes halogenated alkanes) is 1. The van der Waals surface area contributed by atoms with Crippen molar-refractivity contribution in [3.8, 4) is 0 Å². The fraction of sp³-hybridized carbons (Fsp3) is 0.857. The van der Waals surface area contributed by atoms with Crippen LogP contribution in [-0.2, 0) is 14.3 Å². The molecule has 1 N–H and O–H groups in total. The Morgan fingerprint density at radius 1 is 1.36 bits per heavy atom. The lowest BCUT2D eigenvalue weighted by molar-refractivity contribution is -0.141. The van der Waals surface area contributed by atoms with E-state index in [9.17, 15) is 4.79 Å². The van der Waals surface area contributed by atoms with Crippen LogP contribution in [0.3, 0.4) is 0 Å². The summed E-state index contributed by atoms with van der Waals surface area (Å²) in [6.07, 6.45) is 1.58. The maximum Gasteiger partial charge on any atom is 0.302 e. The van der Waals surface area contributed by atoms with Gasteiger partial charge in [0.25, 0.3) is 0 Å². The van der Waals surface area contributed by atoms with Gasteiger partial charge in [0.05, 0.1) is 6.61 Å². The van der Waals surface area contributed by atoms with Crippen LogP contribution >= 0.6 is 0 Å². The molecule has 0 saturated carbocycles. The molecule has 0 aliphatic carbocycles. The van der Waals surface area contributed by atoms with Crippen molar-refractivity contribution in [1.29, 1.82) is 0 Å². The summed E-state index contributed by atoms with van der Waals surface area (Å²) in [5, 5.41) is 8.20. The number of carbonyl (C=O) groups excluding carboxylic acids is 1. The lowest BCUT2D eigenvalue weighted by Gasteiger charge is -2.01. The quantitative estimate of drug-likeness (QED) is 0.346. The summed E-state index contributed by atoms with van der Waals surface area (Å²) in [6.45, 7) is 2.08. The smallest absolute Gasteiger partial charge is 0.302 e. The molecule has 4 heteroatoms. The van der Waals surface area contributed by atoms with Crippen molar-refractivity contribution in [3.63, 3.8) is 0 Å². The van der Waals surface area contributed by atoms with Crippen LogP contribution in [0.25, 0.3) is 0 Å². The van der Waals surface area contributed by atoms with Gasteiger partial charge in [-0.1, -0.05) is 0 Å². The molecule has 0 aromatic rings. The highest BCUT2D eigenvalue weighted by atomic mass is 16.6. The molecular formula is C7H14O4. The molecule has 0 unspecified atom stereocenters. The molecule has 0 spiro atoms. The maximum absolute atomic E-state index is 10.2. The van der Waals surface area contributed by atoms with Gasteiger partial charge in [0, 0.05) is 13.5 Å². The summed E-state index contributed by atoms with van der Waals surface area (Å²) in [5.41, 5.74) is 0. The zero-order chi connectivity index (χ0) is 8.53. The molecule has 11 heavy (non-hydrogen) atoms. The number of rotatable bonds is 6. The Hall–Kier alpha value is -0.610. The zero-order valence-corrected chi connectivity index (χ0v) is 6.71. The van der Waals surface area contributed by atoms with Crippen LogP contribution < -0.4 is 0 Å². The monoisotopic (exact) mass is 162 g/mol. The topological polar surface area (TPSA) is 55.8 Å². The third-order valence-corrected chi connectivity index (χ3v) is 1.08. The summed E-state index contributed by atoms with van der Waals surface area (Å²) < 4.78 is 9.32. The van der Waals surface area contributed by atoms with E-state index >= 15 is 0 Å². The number of hydrogen-bond acceptors (Lipinski definition) is 4. The summed E-state index contributed by atoms with van der Waals surface area (Å²) >= 11 is 0. The van der Waals surface area contributed by atoms with E-state index < -0.39 is 0 Å².